The molecule has 2 heterocycles. The fourth-order valence-electron chi connectivity index (χ4n) is 3.71. The van der Waals surface area contributed by atoms with E-state index in [0.29, 0.717) is 5.91 Å². The lowest BCUT2D eigenvalue weighted by molar-refractivity contribution is -0.133. The first-order valence-corrected chi connectivity index (χ1v) is 9.54. The van der Waals surface area contributed by atoms with Gasteiger partial charge in [-0.05, 0) is 56.0 Å². The van der Waals surface area contributed by atoms with Gasteiger partial charge in [0.15, 0.2) is 0 Å². The van der Waals surface area contributed by atoms with Crippen molar-refractivity contribution in [3.05, 3.63) is 34.9 Å². The van der Waals surface area contributed by atoms with Crippen molar-refractivity contribution in [2.24, 2.45) is 5.92 Å². The molecule has 2 aliphatic rings. The summed E-state index contributed by atoms with van der Waals surface area (Å²) >= 11 is 6.05. The molecule has 132 valence electrons. The Morgan fingerprint density at radius 3 is 2.62 bits per heavy atom. The molecule has 1 aromatic carbocycles. The molecule has 0 unspecified atom stereocenters. The molecule has 0 atom stereocenters. The summed E-state index contributed by atoms with van der Waals surface area (Å²) < 4.78 is 0. The van der Waals surface area contributed by atoms with Crippen LogP contribution in [-0.4, -0.2) is 55.0 Å². The molecule has 4 nitrogen and oxygen atoms in total. The third-order valence-corrected chi connectivity index (χ3v) is 5.48. The number of piperidine rings is 1. The first kappa shape index (κ1) is 17.7. The van der Waals surface area contributed by atoms with Gasteiger partial charge in [-0.25, -0.2) is 0 Å². The van der Waals surface area contributed by atoms with Crippen LogP contribution in [0.2, 0.25) is 5.02 Å². The molecule has 5 heteroatoms. The quantitative estimate of drug-likeness (QED) is 0.887. The van der Waals surface area contributed by atoms with Gasteiger partial charge in [0.1, 0.15) is 0 Å². The van der Waals surface area contributed by atoms with Gasteiger partial charge in [-0.1, -0.05) is 23.7 Å². The standard InChI is InChI=1S/C19H28ClN3O/c20-18-3-1-2-17(14-18)15-22-10-12-23(13-11-22)19(24)5-4-16-6-8-21-9-7-16/h1-3,14,16,21H,4-13,15H2. The fraction of sp³-hybridized carbons (Fsp3) is 0.632. The number of rotatable bonds is 5. The Morgan fingerprint density at radius 1 is 1.17 bits per heavy atom. The molecular weight excluding hydrogens is 322 g/mol. The molecular formula is C19H28ClN3O. The third kappa shape index (κ3) is 5.20. The van der Waals surface area contributed by atoms with Gasteiger partial charge in [0.05, 0.1) is 0 Å². The van der Waals surface area contributed by atoms with Crippen LogP contribution in [0.4, 0.5) is 0 Å². The molecule has 2 fully saturated rings. The molecule has 0 bridgehead atoms. The van der Waals surface area contributed by atoms with Gasteiger partial charge in [0.25, 0.3) is 0 Å². The smallest absolute Gasteiger partial charge is 0.222 e. The molecule has 24 heavy (non-hydrogen) atoms. The average Bonchev–Trinajstić information content (AvgIpc) is 2.61. The first-order chi connectivity index (χ1) is 11.7. The van der Waals surface area contributed by atoms with Crippen molar-refractivity contribution in [3.63, 3.8) is 0 Å². The van der Waals surface area contributed by atoms with Crippen LogP contribution in [0.3, 0.4) is 0 Å². The van der Waals surface area contributed by atoms with E-state index in [-0.39, 0.29) is 0 Å². The Labute approximate surface area is 150 Å². The van der Waals surface area contributed by atoms with Crippen LogP contribution in [0.1, 0.15) is 31.2 Å². The zero-order chi connectivity index (χ0) is 16.8. The van der Waals surface area contributed by atoms with E-state index in [1.54, 1.807) is 0 Å². The summed E-state index contributed by atoms with van der Waals surface area (Å²) in [5, 5.41) is 4.18. The second-order valence-electron chi connectivity index (χ2n) is 7.02. The molecule has 1 aromatic rings. The van der Waals surface area contributed by atoms with Gasteiger partial charge in [-0.2, -0.15) is 0 Å². The molecule has 0 spiro atoms. The summed E-state index contributed by atoms with van der Waals surface area (Å²) in [6.07, 6.45) is 4.23. The van der Waals surface area contributed by atoms with E-state index in [4.69, 9.17) is 11.6 Å². The SMILES string of the molecule is O=C(CCC1CCNCC1)N1CCN(Cc2cccc(Cl)c2)CC1. The van der Waals surface area contributed by atoms with Gasteiger partial charge in [0.2, 0.25) is 5.91 Å². The summed E-state index contributed by atoms with van der Waals surface area (Å²) in [6, 6.07) is 8.04. The molecule has 0 aliphatic carbocycles. The zero-order valence-corrected chi connectivity index (χ0v) is 15.1. The van der Waals surface area contributed by atoms with Gasteiger partial charge >= 0.3 is 0 Å². The highest BCUT2D eigenvalue weighted by Crippen LogP contribution is 2.19. The van der Waals surface area contributed by atoms with Crippen molar-refractivity contribution >= 4 is 17.5 Å². The Morgan fingerprint density at radius 2 is 1.92 bits per heavy atom. The van der Waals surface area contributed by atoms with Gasteiger partial charge in [-0.15, -0.1) is 0 Å². The number of halogens is 1. The van der Waals surface area contributed by atoms with Crippen molar-refractivity contribution in [2.75, 3.05) is 39.3 Å². The molecule has 3 rings (SSSR count). The number of carbonyl (C=O) groups is 1. The maximum atomic E-state index is 12.4. The second-order valence-corrected chi connectivity index (χ2v) is 7.46. The number of hydrogen-bond donors (Lipinski definition) is 1. The van der Waals surface area contributed by atoms with Gasteiger partial charge in [0, 0.05) is 44.2 Å². The number of benzene rings is 1. The minimum atomic E-state index is 0.343. The van der Waals surface area contributed by atoms with E-state index in [2.05, 4.69) is 21.2 Å². The first-order valence-electron chi connectivity index (χ1n) is 9.16. The maximum absolute atomic E-state index is 12.4. The Kier molecular flexibility index (Phi) is 6.52. The lowest BCUT2D eigenvalue weighted by Crippen LogP contribution is -2.48. The Balaban J connectivity index is 1.38. The van der Waals surface area contributed by atoms with Crippen LogP contribution >= 0.6 is 11.6 Å². The number of nitrogens with one attached hydrogen (secondary N) is 1. The molecule has 0 saturated carbocycles. The number of nitrogens with zero attached hydrogens (tertiary/aromatic N) is 2. The van der Waals surface area contributed by atoms with Crippen molar-refractivity contribution in [1.82, 2.24) is 15.1 Å². The van der Waals surface area contributed by atoms with Crippen molar-refractivity contribution in [2.45, 2.75) is 32.2 Å². The average molecular weight is 350 g/mol. The lowest BCUT2D eigenvalue weighted by Gasteiger charge is -2.35. The largest absolute Gasteiger partial charge is 0.340 e. The van der Waals surface area contributed by atoms with E-state index < -0.39 is 0 Å². The number of amides is 1. The van der Waals surface area contributed by atoms with E-state index >= 15 is 0 Å². The Bertz CT molecular complexity index is 537. The summed E-state index contributed by atoms with van der Waals surface area (Å²) in [6.45, 7) is 6.74. The molecule has 0 radical (unpaired) electrons. The third-order valence-electron chi connectivity index (χ3n) is 5.25. The van der Waals surface area contributed by atoms with Gasteiger partial charge < -0.3 is 10.2 Å². The van der Waals surface area contributed by atoms with E-state index in [1.165, 1.54) is 18.4 Å². The van der Waals surface area contributed by atoms with Crippen molar-refractivity contribution in [3.8, 4) is 0 Å². The zero-order valence-electron chi connectivity index (χ0n) is 14.3. The summed E-state index contributed by atoms with van der Waals surface area (Å²) in [7, 11) is 0. The maximum Gasteiger partial charge on any atom is 0.222 e. The highest BCUT2D eigenvalue weighted by molar-refractivity contribution is 6.30. The van der Waals surface area contributed by atoms with Gasteiger partial charge in [-0.3, -0.25) is 9.69 Å². The second kappa shape index (κ2) is 8.84. The van der Waals surface area contributed by atoms with Crippen LogP contribution in [0.5, 0.6) is 0 Å². The van der Waals surface area contributed by atoms with E-state index in [1.807, 2.05) is 18.2 Å². The number of piperazine rings is 1. The predicted molar refractivity (Wildman–Crippen MR) is 98.1 cm³/mol. The normalized spacial score (nSPS) is 20.3. The highest BCUT2D eigenvalue weighted by Gasteiger charge is 2.22. The molecule has 1 amide bonds. The highest BCUT2D eigenvalue weighted by atomic mass is 35.5. The van der Waals surface area contributed by atoms with Crippen LogP contribution in [-0.2, 0) is 11.3 Å². The van der Waals surface area contributed by atoms with Crippen LogP contribution in [0.15, 0.2) is 24.3 Å². The molecule has 2 saturated heterocycles. The topological polar surface area (TPSA) is 35.6 Å². The van der Waals surface area contributed by atoms with Crippen LogP contribution in [0, 0.1) is 5.92 Å². The minimum absolute atomic E-state index is 0.343. The van der Waals surface area contributed by atoms with E-state index in [0.717, 1.165) is 69.6 Å². The van der Waals surface area contributed by atoms with Crippen LogP contribution in [0.25, 0.3) is 0 Å². The monoisotopic (exact) mass is 349 g/mol. The van der Waals surface area contributed by atoms with E-state index in [9.17, 15) is 4.79 Å². The molecule has 1 N–H and O–H groups in total. The van der Waals surface area contributed by atoms with Crippen molar-refractivity contribution < 1.29 is 4.79 Å². The summed E-state index contributed by atoms with van der Waals surface area (Å²) in [5.74, 6) is 1.08. The Hall–Kier alpha value is -1.10. The molecule has 0 aromatic heterocycles. The predicted octanol–water partition coefficient (Wildman–Crippen LogP) is 2.76. The molecule has 2 aliphatic heterocycles. The van der Waals surface area contributed by atoms with Crippen LogP contribution < -0.4 is 5.32 Å². The minimum Gasteiger partial charge on any atom is -0.340 e. The summed E-state index contributed by atoms with van der Waals surface area (Å²) in [5.41, 5.74) is 1.24. The lowest BCUT2D eigenvalue weighted by atomic mass is 9.93. The fourth-order valence-corrected chi connectivity index (χ4v) is 3.92. The van der Waals surface area contributed by atoms with Crippen molar-refractivity contribution in [1.29, 1.82) is 0 Å². The number of hydrogen-bond acceptors (Lipinski definition) is 3. The number of carbonyl (C=O) groups excluding carboxylic acids is 1. The summed E-state index contributed by atoms with van der Waals surface area (Å²) in [4.78, 5) is 16.9.